The summed E-state index contributed by atoms with van der Waals surface area (Å²) in [6.45, 7) is 5.40. The van der Waals surface area contributed by atoms with Gasteiger partial charge in [-0.25, -0.2) is 4.98 Å². The Hall–Kier alpha value is -1.83. The zero-order chi connectivity index (χ0) is 17.0. The van der Waals surface area contributed by atoms with Gasteiger partial charge in [0.05, 0.1) is 5.69 Å². The maximum Gasteiger partial charge on any atom is 0.433 e. The van der Waals surface area contributed by atoms with Crippen LogP contribution in [-0.2, 0) is 19.8 Å². The fraction of sp³-hybridized carbons (Fsp3) is 0.600. The molecule has 2 heterocycles. The van der Waals surface area contributed by atoms with Gasteiger partial charge in [0.2, 0.25) is 0 Å². The first-order chi connectivity index (χ1) is 10.8. The summed E-state index contributed by atoms with van der Waals surface area (Å²) < 4.78 is 41.2. The lowest BCUT2D eigenvalue weighted by molar-refractivity contribution is -0.143. The molecule has 0 bridgehead atoms. The van der Waals surface area contributed by atoms with Gasteiger partial charge in [-0.2, -0.15) is 18.3 Å². The molecule has 0 amide bonds. The lowest BCUT2D eigenvalue weighted by Gasteiger charge is -2.11. The first-order valence-corrected chi connectivity index (χ1v) is 7.61. The van der Waals surface area contributed by atoms with Crippen LogP contribution < -0.4 is 5.32 Å². The van der Waals surface area contributed by atoms with Crippen molar-refractivity contribution in [3.8, 4) is 0 Å². The number of rotatable bonds is 7. The number of aromatic nitrogens is 4. The van der Waals surface area contributed by atoms with E-state index in [-0.39, 0.29) is 6.04 Å². The second kappa shape index (κ2) is 7.16. The van der Waals surface area contributed by atoms with E-state index in [2.05, 4.69) is 20.0 Å². The van der Waals surface area contributed by atoms with Gasteiger partial charge >= 0.3 is 6.18 Å². The summed E-state index contributed by atoms with van der Waals surface area (Å²) in [5, 5.41) is 7.17. The normalized spacial score (nSPS) is 13.5. The van der Waals surface area contributed by atoms with Crippen molar-refractivity contribution in [3.63, 3.8) is 0 Å². The van der Waals surface area contributed by atoms with Gasteiger partial charge in [0, 0.05) is 32.0 Å². The molecule has 1 unspecified atom stereocenters. The van der Waals surface area contributed by atoms with Crippen LogP contribution in [0.15, 0.2) is 18.5 Å². The van der Waals surface area contributed by atoms with Gasteiger partial charge in [-0.15, -0.1) is 0 Å². The lowest BCUT2D eigenvalue weighted by Crippen LogP contribution is -2.20. The molecule has 23 heavy (non-hydrogen) atoms. The third-order valence-corrected chi connectivity index (χ3v) is 3.83. The van der Waals surface area contributed by atoms with E-state index >= 15 is 0 Å². The van der Waals surface area contributed by atoms with E-state index in [9.17, 15) is 13.2 Å². The Morgan fingerprint density at radius 1 is 1.30 bits per heavy atom. The predicted molar refractivity (Wildman–Crippen MR) is 80.8 cm³/mol. The molecule has 2 aromatic heterocycles. The minimum Gasteiger partial charge on any atom is -0.335 e. The molecule has 0 radical (unpaired) electrons. The van der Waals surface area contributed by atoms with Crippen molar-refractivity contribution in [2.24, 2.45) is 7.05 Å². The Bertz CT molecular complexity index is 629. The van der Waals surface area contributed by atoms with Crippen molar-refractivity contribution < 1.29 is 13.2 Å². The molecule has 128 valence electrons. The molecule has 2 rings (SSSR count). The highest BCUT2D eigenvalue weighted by Gasteiger charge is 2.35. The highest BCUT2D eigenvalue weighted by Crippen LogP contribution is 2.30. The lowest BCUT2D eigenvalue weighted by atomic mass is 10.2. The van der Waals surface area contributed by atoms with E-state index in [1.165, 1.54) is 7.05 Å². The SMILES string of the molecule is Cc1nccn1CCCCNC(C)c1cc(C(F)(F)F)n(C)n1. The fourth-order valence-electron chi connectivity index (χ4n) is 2.44. The van der Waals surface area contributed by atoms with Crippen LogP contribution in [0.4, 0.5) is 13.2 Å². The quantitative estimate of drug-likeness (QED) is 0.794. The van der Waals surface area contributed by atoms with Gasteiger partial charge < -0.3 is 9.88 Å². The number of hydrogen-bond donors (Lipinski definition) is 1. The van der Waals surface area contributed by atoms with Crippen molar-refractivity contribution in [2.45, 2.75) is 45.5 Å². The molecule has 8 heteroatoms. The molecule has 0 saturated heterocycles. The molecule has 0 saturated carbocycles. The number of nitrogens with one attached hydrogen (secondary N) is 1. The van der Waals surface area contributed by atoms with Gasteiger partial charge in [-0.05, 0) is 39.3 Å². The average molecular weight is 329 g/mol. The van der Waals surface area contributed by atoms with Gasteiger partial charge in [-0.1, -0.05) is 0 Å². The molecule has 2 aromatic rings. The monoisotopic (exact) mass is 329 g/mol. The molecule has 1 atom stereocenters. The smallest absolute Gasteiger partial charge is 0.335 e. The predicted octanol–water partition coefficient (Wildman–Crippen LogP) is 3.07. The Labute approximate surface area is 133 Å². The van der Waals surface area contributed by atoms with Crippen LogP contribution in [0.3, 0.4) is 0 Å². The van der Waals surface area contributed by atoms with Crippen LogP contribution in [0.5, 0.6) is 0 Å². The summed E-state index contributed by atoms with van der Waals surface area (Å²) in [4.78, 5) is 4.16. The molecular weight excluding hydrogens is 307 g/mol. The summed E-state index contributed by atoms with van der Waals surface area (Å²) in [6.07, 6.45) is 1.25. The van der Waals surface area contributed by atoms with Crippen molar-refractivity contribution in [2.75, 3.05) is 6.54 Å². The van der Waals surface area contributed by atoms with Crippen molar-refractivity contribution >= 4 is 0 Å². The van der Waals surface area contributed by atoms with Gasteiger partial charge in [-0.3, -0.25) is 4.68 Å². The standard InChI is InChI=1S/C15H22F3N5/c1-11(13-10-14(15(16,17)18)22(3)21-13)19-6-4-5-8-23-9-7-20-12(23)2/h7,9-11,19H,4-6,8H2,1-3H3. The van der Waals surface area contributed by atoms with Crippen LogP contribution in [0.2, 0.25) is 0 Å². The third kappa shape index (κ3) is 4.57. The van der Waals surface area contributed by atoms with Gasteiger partial charge in [0.15, 0.2) is 0 Å². The van der Waals surface area contributed by atoms with E-state index in [1.807, 2.05) is 20.0 Å². The third-order valence-electron chi connectivity index (χ3n) is 3.83. The van der Waals surface area contributed by atoms with Crippen molar-refractivity contribution in [1.82, 2.24) is 24.6 Å². The maximum absolute atomic E-state index is 12.8. The summed E-state index contributed by atoms with van der Waals surface area (Å²) in [5.41, 5.74) is -0.318. The topological polar surface area (TPSA) is 47.7 Å². The molecule has 0 aliphatic rings. The molecule has 0 aliphatic heterocycles. The first-order valence-electron chi connectivity index (χ1n) is 7.61. The first kappa shape index (κ1) is 17.5. The number of halogens is 3. The van der Waals surface area contributed by atoms with Crippen LogP contribution >= 0.6 is 0 Å². The fourth-order valence-corrected chi connectivity index (χ4v) is 2.44. The van der Waals surface area contributed by atoms with Crippen LogP contribution in [0, 0.1) is 6.92 Å². The zero-order valence-corrected chi connectivity index (χ0v) is 13.6. The Morgan fingerprint density at radius 3 is 2.61 bits per heavy atom. The summed E-state index contributed by atoms with van der Waals surface area (Å²) in [5.74, 6) is 0.986. The van der Waals surface area contributed by atoms with Crippen molar-refractivity contribution in [3.05, 3.63) is 35.7 Å². The van der Waals surface area contributed by atoms with Crippen LogP contribution in [0.1, 0.15) is 43.0 Å². The van der Waals surface area contributed by atoms with E-state index in [4.69, 9.17) is 0 Å². The van der Waals surface area contributed by atoms with Gasteiger partial charge in [0.1, 0.15) is 11.5 Å². The molecule has 0 aromatic carbocycles. The number of alkyl halides is 3. The number of nitrogens with zero attached hydrogens (tertiary/aromatic N) is 4. The second-order valence-corrected chi connectivity index (χ2v) is 5.63. The summed E-state index contributed by atoms with van der Waals surface area (Å²) >= 11 is 0. The number of unbranched alkanes of at least 4 members (excludes halogenated alkanes) is 1. The largest absolute Gasteiger partial charge is 0.433 e. The van der Waals surface area contributed by atoms with E-state index in [0.29, 0.717) is 5.69 Å². The molecule has 0 aliphatic carbocycles. The summed E-state index contributed by atoms with van der Waals surface area (Å²) in [6, 6.07) is 0.888. The Balaban J connectivity index is 1.77. The Morgan fingerprint density at radius 2 is 2.04 bits per heavy atom. The van der Waals surface area contributed by atoms with E-state index in [1.54, 1.807) is 6.20 Å². The zero-order valence-electron chi connectivity index (χ0n) is 13.6. The van der Waals surface area contributed by atoms with Crippen LogP contribution in [0.25, 0.3) is 0 Å². The molecule has 5 nitrogen and oxygen atoms in total. The number of imidazole rings is 1. The molecule has 0 spiro atoms. The van der Waals surface area contributed by atoms with Crippen molar-refractivity contribution in [1.29, 1.82) is 0 Å². The van der Waals surface area contributed by atoms with E-state index in [0.717, 1.165) is 42.5 Å². The van der Waals surface area contributed by atoms with Crippen LogP contribution in [-0.4, -0.2) is 25.9 Å². The van der Waals surface area contributed by atoms with Gasteiger partial charge in [0.25, 0.3) is 0 Å². The van der Waals surface area contributed by atoms with E-state index < -0.39 is 11.9 Å². The number of aryl methyl sites for hydroxylation is 3. The Kier molecular flexibility index (Phi) is 5.46. The average Bonchev–Trinajstić information content (AvgIpc) is 3.04. The molecule has 1 N–H and O–H groups in total. The highest BCUT2D eigenvalue weighted by molar-refractivity contribution is 5.15. The second-order valence-electron chi connectivity index (χ2n) is 5.63. The number of hydrogen-bond acceptors (Lipinski definition) is 3. The molecule has 0 fully saturated rings. The minimum absolute atomic E-state index is 0.215. The highest BCUT2D eigenvalue weighted by atomic mass is 19.4. The maximum atomic E-state index is 12.8. The molecular formula is C15H22F3N5. The minimum atomic E-state index is -4.37. The summed E-state index contributed by atoms with van der Waals surface area (Å²) in [7, 11) is 1.31.